The average molecular weight is 623 g/mol. The number of hydrogen-bond acceptors (Lipinski definition) is 12. The second kappa shape index (κ2) is 12.2. The van der Waals surface area contributed by atoms with Gasteiger partial charge in [0, 0.05) is 29.5 Å². The van der Waals surface area contributed by atoms with Crippen molar-refractivity contribution in [1.29, 1.82) is 0 Å². The molecule has 3 fully saturated rings. The van der Waals surface area contributed by atoms with Crippen LogP contribution in [0.2, 0.25) is 0 Å². The lowest BCUT2D eigenvalue weighted by Crippen LogP contribution is -2.48. The number of anilines is 2. The molecular formula is C29H34N8O8. The molecule has 0 radical (unpaired) electrons. The average Bonchev–Trinajstić information content (AvgIpc) is 3.36. The van der Waals surface area contributed by atoms with Gasteiger partial charge in [-0.05, 0) is 86.7 Å². The highest BCUT2D eigenvalue weighted by atomic mass is 16.6. The molecule has 16 nitrogen and oxygen atoms in total. The number of fused-ring (bicyclic) bond motifs is 3. The summed E-state index contributed by atoms with van der Waals surface area (Å²) >= 11 is 0. The van der Waals surface area contributed by atoms with Gasteiger partial charge in [0.15, 0.2) is 0 Å². The summed E-state index contributed by atoms with van der Waals surface area (Å²) in [5.41, 5.74) is 5.99. The summed E-state index contributed by atoms with van der Waals surface area (Å²) in [5, 5.41) is 54.3. The van der Waals surface area contributed by atoms with Gasteiger partial charge in [-0.1, -0.05) is 13.8 Å². The van der Waals surface area contributed by atoms with E-state index in [-0.39, 0.29) is 40.0 Å². The van der Waals surface area contributed by atoms with E-state index in [9.17, 15) is 40.5 Å². The van der Waals surface area contributed by atoms with Crippen molar-refractivity contribution in [1.82, 2.24) is 0 Å². The van der Waals surface area contributed by atoms with E-state index in [2.05, 4.69) is 34.9 Å². The van der Waals surface area contributed by atoms with Crippen LogP contribution >= 0.6 is 0 Å². The van der Waals surface area contributed by atoms with Crippen LogP contribution in [0.1, 0.15) is 59.3 Å². The van der Waals surface area contributed by atoms with Gasteiger partial charge in [0.05, 0.1) is 31.8 Å². The van der Waals surface area contributed by atoms with Crippen molar-refractivity contribution in [3.05, 3.63) is 76.9 Å². The Balaban J connectivity index is 1.29. The molecule has 0 aliphatic heterocycles. The Morgan fingerprint density at radius 1 is 0.800 bits per heavy atom. The highest BCUT2D eigenvalue weighted by molar-refractivity contribution is 5.89. The molecule has 3 aliphatic rings. The van der Waals surface area contributed by atoms with Crippen molar-refractivity contribution in [3.63, 3.8) is 0 Å². The predicted octanol–water partition coefficient (Wildman–Crippen LogP) is 7.06. The Morgan fingerprint density at radius 2 is 1.38 bits per heavy atom. The maximum atomic E-state index is 11.5. The van der Waals surface area contributed by atoms with Gasteiger partial charge in [0.25, 0.3) is 11.4 Å². The molecule has 3 saturated carbocycles. The monoisotopic (exact) mass is 622 g/mol. The predicted molar refractivity (Wildman–Crippen MR) is 166 cm³/mol. The molecule has 6 unspecified atom stereocenters. The van der Waals surface area contributed by atoms with E-state index in [4.69, 9.17) is 0 Å². The molecule has 45 heavy (non-hydrogen) atoms. The fourth-order valence-corrected chi connectivity index (χ4v) is 8.10. The number of nitro groups is 4. The van der Waals surface area contributed by atoms with E-state index >= 15 is 0 Å². The minimum atomic E-state index is -0.677. The van der Waals surface area contributed by atoms with Crippen molar-refractivity contribution < 1.29 is 19.7 Å². The van der Waals surface area contributed by atoms with Crippen LogP contribution in [0.3, 0.4) is 0 Å². The smallest absolute Gasteiger partial charge is 0.272 e. The Bertz CT molecular complexity index is 1630. The molecule has 0 amide bonds. The second-order valence-corrected chi connectivity index (χ2v) is 12.4. The number of rotatable bonds is 9. The number of benzene rings is 2. The molecule has 0 saturated heterocycles. The van der Waals surface area contributed by atoms with Crippen LogP contribution in [0.15, 0.2) is 46.6 Å². The fraction of sp³-hybridized carbons (Fsp3) is 0.517. The lowest BCUT2D eigenvalue weighted by molar-refractivity contribution is -0.393. The summed E-state index contributed by atoms with van der Waals surface area (Å²) in [6.07, 6.45) is 5.55. The summed E-state index contributed by atoms with van der Waals surface area (Å²) in [4.78, 5) is 42.5. The Kier molecular flexibility index (Phi) is 8.49. The number of nitrogens with one attached hydrogen (secondary N) is 2. The van der Waals surface area contributed by atoms with E-state index in [1.54, 1.807) is 0 Å². The van der Waals surface area contributed by atoms with Crippen molar-refractivity contribution in [2.45, 2.75) is 59.3 Å². The van der Waals surface area contributed by atoms with Gasteiger partial charge < -0.3 is 0 Å². The van der Waals surface area contributed by atoms with Crippen LogP contribution in [-0.2, 0) is 0 Å². The molecule has 2 aromatic carbocycles. The molecule has 2 aromatic rings. The minimum absolute atomic E-state index is 0.0101. The summed E-state index contributed by atoms with van der Waals surface area (Å²) in [5.74, 6) is 1.63. The van der Waals surface area contributed by atoms with E-state index < -0.39 is 31.1 Å². The lowest BCUT2D eigenvalue weighted by atomic mass is 9.52. The molecule has 238 valence electrons. The molecule has 0 aromatic heterocycles. The maximum Gasteiger partial charge on any atom is 0.301 e. The molecule has 0 spiro atoms. The van der Waals surface area contributed by atoms with Crippen molar-refractivity contribution in [2.75, 3.05) is 10.9 Å². The van der Waals surface area contributed by atoms with Gasteiger partial charge in [-0.15, -0.1) is 0 Å². The third-order valence-electron chi connectivity index (χ3n) is 10.3. The van der Waals surface area contributed by atoms with Gasteiger partial charge in [0.2, 0.25) is 0 Å². The van der Waals surface area contributed by atoms with Gasteiger partial charge >= 0.3 is 11.4 Å². The molecule has 3 aliphatic carbocycles. The minimum Gasteiger partial charge on any atom is -0.272 e. The topological polar surface area (TPSA) is 221 Å². The zero-order valence-electron chi connectivity index (χ0n) is 25.0. The number of non-ortho nitro benzene ring substituents is 2. The van der Waals surface area contributed by atoms with Crippen LogP contribution in [0, 0.1) is 75.5 Å². The number of hydrogen-bond donors (Lipinski definition) is 2. The number of nitro benzene ring substituents is 4. The SMILES string of the molecule is CC(=NNc1ccc([N+](=O)[O-])cc1[N+](=O)[O-])C1CCC2C3CC/C(=N/Nc4ccc([N+](=O)[O-])cc4[N+](=O)[O-])C(C)C3CCC12C. The van der Waals surface area contributed by atoms with E-state index in [0.717, 1.165) is 62.1 Å². The van der Waals surface area contributed by atoms with Crippen LogP contribution < -0.4 is 10.9 Å². The lowest BCUT2D eigenvalue weighted by Gasteiger charge is -2.52. The highest BCUT2D eigenvalue weighted by Gasteiger charge is 2.56. The first-order valence-corrected chi connectivity index (χ1v) is 14.8. The quantitative estimate of drug-likeness (QED) is 0.164. The van der Waals surface area contributed by atoms with Gasteiger partial charge in [-0.25, -0.2) is 0 Å². The van der Waals surface area contributed by atoms with E-state index in [1.165, 1.54) is 24.3 Å². The Hall–Kier alpha value is -5.02. The molecular weight excluding hydrogens is 588 g/mol. The largest absolute Gasteiger partial charge is 0.301 e. The summed E-state index contributed by atoms with van der Waals surface area (Å²) in [6, 6.07) is 6.87. The van der Waals surface area contributed by atoms with Crippen LogP contribution in [0.25, 0.3) is 0 Å². The first-order chi connectivity index (χ1) is 21.3. The van der Waals surface area contributed by atoms with Crippen molar-refractivity contribution in [2.24, 2.45) is 45.2 Å². The van der Waals surface area contributed by atoms with Crippen LogP contribution in [0.4, 0.5) is 34.1 Å². The van der Waals surface area contributed by atoms with E-state index in [0.29, 0.717) is 17.8 Å². The third kappa shape index (κ3) is 5.91. The molecule has 5 rings (SSSR count). The standard InChI is InChI=1S/C29H34N8O8/c1-16-20-12-13-29(3)22(17(2)30-32-25-9-4-18(34(38)39)14-27(25)36(42)43)7-8-23(29)21(20)6-11-24(16)31-33-26-10-5-19(35(40)41)15-28(26)37(44)45/h4-5,9-10,14-16,20-23,32-33H,6-8,11-13H2,1-3H3/b30-17?,31-24-. The van der Waals surface area contributed by atoms with Gasteiger partial charge in [0.1, 0.15) is 11.4 Å². The molecule has 16 heteroatoms. The van der Waals surface area contributed by atoms with Crippen molar-refractivity contribution >= 4 is 45.5 Å². The fourth-order valence-electron chi connectivity index (χ4n) is 8.10. The number of nitrogens with zero attached hydrogens (tertiary/aromatic N) is 6. The zero-order chi connectivity index (χ0) is 32.6. The van der Waals surface area contributed by atoms with Crippen LogP contribution in [0.5, 0.6) is 0 Å². The summed E-state index contributed by atoms with van der Waals surface area (Å²) < 4.78 is 0. The molecule has 6 atom stereocenters. The first kappa shape index (κ1) is 31.4. The zero-order valence-corrected chi connectivity index (χ0v) is 25.0. The van der Waals surface area contributed by atoms with Gasteiger partial charge in [-0.3, -0.25) is 51.3 Å². The molecule has 2 N–H and O–H groups in total. The Morgan fingerprint density at radius 3 is 1.93 bits per heavy atom. The van der Waals surface area contributed by atoms with E-state index in [1.807, 2.05) is 6.92 Å². The molecule has 0 heterocycles. The summed E-state index contributed by atoms with van der Waals surface area (Å²) in [6.45, 7) is 6.37. The van der Waals surface area contributed by atoms with Crippen molar-refractivity contribution in [3.8, 4) is 0 Å². The Labute approximate surface area is 257 Å². The maximum absolute atomic E-state index is 11.5. The third-order valence-corrected chi connectivity index (χ3v) is 10.3. The first-order valence-electron chi connectivity index (χ1n) is 14.8. The normalized spacial score (nSPS) is 28.6. The number of hydrazone groups is 2. The highest BCUT2D eigenvalue weighted by Crippen LogP contribution is 2.62. The van der Waals surface area contributed by atoms with Crippen LogP contribution in [-0.4, -0.2) is 31.1 Å². The second-order valence-electron chi connectivity index (χ2n) is 12.4. The molecule has 0 bridgehead atoms. The summed E-state index contributed by atoms with van der Waals surface area (Å²) in [7, 11) is 0. The van der Waals surface area contributed by atoms with Gasteiger partial charge in [-0.2, -0.15) is 10.2 Å².